The maximum atomic E-state index is 12.4. The fourth-order valence-electron chi connectivity index (χ4n) is 2.15. The van der Waals surface area contributed by atoms with Crippen LogP contribution in [-0.2, 0) is 0 Å². The lowest BCUT2D eigenvalue weighted by molar-refractivity contribution is -0.385. The molecule has 1 saturated carbocycles. The van der Waals surface area contributed by atoms with Crippen LogP contribution in [0.4, 0.5) is 11.4 Å². The van der Waals surface area contributed by atoms with Gasteiger partial charge in [0.05, 0.1) is 4.92 Å². The molecule has 0 aromatic heterocycles. The second kappa shape index (κ2) is 5.26. The van der Waals surface area contributed by atoms with Crippen LogP contribution in [0.2, 0.25) is 0 Å². The highest BCUT2D eigenvalue weighted by Crippen LogP contribution is 2.28. The minimum absolute atomic E-state index is 0.143. The summed E-state index contributed by atoms with van der Waals surface area (Å²) in [5.41, 5.74) is 0.692. The van der Waals surface area contributed by atoms with Gasteiger partial charge in [0, 0.05) is 31.9 Å². The number of nitro benzene ring substituents is 1. The van der Waals surface area contributed by atoms with Crippen molar-refractivity contribution in [2.24, 2.45) is 0 Å². The lowest BCUT2D eigenvalue weighted by Crippen LogP contribution is -2.41. The van der Waals surface area contributed by atoms with E-state index >= 15 is 0 Å². The van der Waals surface area contributed by atoms with E-state index in [-0.39, 0.29) is 23.2 Å². The van der Waals surface area contributed by atoms with Gasteiger partial charge in [-0.25, -0.2) is 0 Å². The standard InChI is InChI=1S/C13H17N3O3/c1-14-9-6-7-12(16(18)19)11(8-9)13(17)15(2)10-4-3-5-10/h6-8,10,14H,3-5H2,1-2H3. The van der Waals surface area contributed by atoms with Gasteiger partial charge in [0.1, 0.15) is 5.56 Å². The van der Waals surface area contributed by atoms with Gasteiger partial charge in [0.15, 0.2) is 0 Å². The lowest BCUT2D eigenvalue weighted by Gasteiger charge is -2.34. The van der Waals surface area contributed by atoms with E-state index in [0.29, 0.717) is 5.69 Å². The maximum absolute atomic E-state index is 12.4. The molecule has 1 aromatic carbocycles. The molecule has 0 bridgehead atoms. The normalized spacial score (nSPS) is 14.6. The molecule has 1 amide bonds. The number of carbonyl (C=O) groups is 1. The molecule has 1 aliphatic rings. The number of carbonyl (C=O) groups excluding carboxylic acids is 1. The Hall–Kier alpha value is -2.11. The predicted octanol–water partition coefficient (Wildman–Crippen LogP) is 2.26. The van der Waals surface area contributed by atoms with E-state index in [2.05, 4.69) is 5.32 Å². The Morgan fingerprint density at radius 3 is 2.63 bits per heavy atom. The van der Waals surface area contributed by atoms with Gasteiger partial charge in [0.2, 0.25) is 0 Å². The van der Waals surface area contributed by atoms with Crippen molar-refractivity contribution in [3.63, 3.8) is 0 Å². The molecule has 1 N–H and O–H groups in total. The van der Waals surface area contributed by atoms with Crippen molar-refractivity contribution in [2.45, 2.75) is 25.3 Å². The van der Waals surface area contributed by atoms with Crippen molar-refractivity contribution in [3.8, 4) is 0 Å². The van der Waals surface area contributed by atoms with Gasteiger partial charge >= 0.3 is 0 Å². The van der Waals surface area contributed by atoms with E-state index in [1.54, 1.807) is 25.1 Å². The highest BCUT2D eigenvalue weighted by Gasteiger charge is 2.30. The number of nitro groups is 1. The molecule has 19 heavy (non-hydrogen) atoms. The molecule has 1 aliphatic carbocycles. The summed E-state index contributed by atoms with van der Waals surface area (Å²) in [6.07, 6.45) is 3.06. The van der Waals surface area contributed by atoms with Gasteiger partial charge in [0.25, 0.3) is 11.6 Å². The number of nitrogens with zero attached hydrogens (tertiary/aromatic N) is 2. The van der Waals surface area contributed by atoms with Crippen molar-refractivity contribution in [3.05, 3.63) is 33.9 Å². The molecule has 0 aliphatic heterocycles. The van der Waals surface area contributed by atoms with Crippen molar-refractivity contribution >= 4 is 17.3 Å². The van der Waals surface area contributed by atoms with Crippen LogP contribution < -0.4 is 5.32 Å². The molecule has 0 atom stereocenters. The molecule has 0 unspecified atom stereocenters. The first-order valence-electron chi connectivity index (χ1n) is 6.28. The molecule has 1 fully saturated rings. The zero-order valence-corrected chi connectivity index (χ0v) is 11.0. The summed E-state index contributed by atoms with van der Waals surface area (Å²) < 4.78 is 0. The number of hydrogen-bond acceptors (Lipinski definition) is 4. The second-order valence-electron chi connectivity index (χ2n) is 4.74. The number of nitrogens with one attached hydrogen (secondary N) is 1. The molecule has 0 radical (unpaired) electrons. The fraction of sp³-hybridized carbons (Fsp3) is 0.462. The zero-order valence-electron chi connectivity index (χ0n) is 11.0. The third-order valence-electron chi connectivity index (χ3n) is 3.66. The molecule has 6 heteroatoms. The van der Waals surface area contributed by atoms with Gasteiger partial charge in [-0.05, 0) is 31.4 Å². The van der Waals surface area contributed by atoms with Gasteiger partial charge in [-0.1, -0.05) is 0 Å². The first kappa shape index (κ1) is 13.3. The summed E-state index contributed by atoms with van der Waals surface area (Å²) in [7, 11) is 3.42. The Bertz CT molecular complexity index is 512. The largest absolute Gasteiger partial charge is 0.388 e. The Morgan fingerprint density at radius 1 is 1.47 bits per heavy atom. The molecule has 0 saturated heterocycles. The minimum atomic E-state index is -0.513. The summed E-state index contributed by atoms with van der Waals surface area (Å²) in [4.78, 5) is 24.5. The van der Waals surface area contributed by atoms with Crippen molar-refractivity contribution in [2.75, 3.05) is 19.4 Å². The van der Waals surface area contributed by atoms with E-state index in [0.717, 1.165) is 19.3 Å². The summed E-state index contributed by atoms with van der Waals surface area (Å²) in [6, 6.07) is 4.71. The van der Waals surface area contributed by atoms with Gasteiger partial charge in [-0.2, -0.15) is 0 Å². The van der Waals surface area contributed by atoms with Gasteiger partial charge in [-0.15, -0.1) is 0 Å². The third-order valence-corrected chi connectivity index (χ3v) is 3.66. The Kier molecular flexibility index (Phi) is 3.69. The summed E-state index contributed by atoms with van der Waals surface area (Å²) in [5.74, 6) is -0.284. The molecule has 6 nitrogen and oxygen atoms in total. The highest BCUT2D eigenvalue weighted by atomic mass is 16.6. The van der Waals surface area contributed by atoms with E-state index < -0.39 is 4.92 Å². The van der Waals surface area contributed by atoms with E-state index in [4.69, 9.17) is 0 Å². The average molecular weight is 263 g/mol. The summed E-state index contributed by atoms with van der Waals surface area (Å²) in [6.45, 7) is 0. The van der Waals surface area contributed by atoms with Crippen molar-refractivity contribution in [1.29, 1.82) is 0 Å². The summed E-state index contributed by atoms with van der Waals surface area (Å²) in [5, 5.41) is 13.9. The fourth-order valence-corrected chi connectivity index (χ4v) is 2.15. The first-order chi connectivity index (χ1) is 9.04. The minimum Gasteiger partial charge on any atom is -0.388 e. The molecule has 0 heterocycles. The maximum Gasteiger partial charge on any atom is 0.282 e. The average Bonchev–Trinajstić information content (AvgIpc) is 2.34. The van der Waals surface area contributed by atoms with Crippen molar-refractivity contribution in [1.82, 2.24) is 4.90 Å². The Labute approximate surface area is 111 Å². The Balaban J connectivity index is 2.34. The number of rotatable bonds is 4. The molecular formula is C13H17N3O3. The molecule has 0 spiro atoms. The van der Waals surface area contributed by atoms with Crippen LogP contribution in [0.25, 0.3) is 0 Å². The number of amides is 1. The quantitative estimate of drug-likeness (QED) is 0.667. The van der Waals surface area contributed by atoms with E-state index in [1.807, 2.05) is 0 Å². The third kappa shape index (κ3) is 2.52. The molecule has 2 rings (SSSR count). The number of benzene rings is 1. The van der Waals surface area contributed by atoms with Crippen LogP contribution in [0.5, 0.6) is 0 Å². The SMILES string of the molecule is CNc1ccc([N+](=O)[O-])c(C(=O)N(C)C2CCC2)c1. The smallest absolute Gasteiger partial charge is 0.282 e. The van der Waals surface area contributed by atoms with Gasteiger partial charge in [-0.3, -0.25) is 14.9 Å². The topological polar surface area (TPSA) is 75.5 Å². The first-order valence-corrected chi connectivity index (χ1v) is 6.28. The van der Waals surface area contributed by atoms with Crippen molar-refractivity contribution < 1.29 is 9.72 Å². The van der Waals surface area contributed by atoms with E-state index in [1.165, 1.54) is 12.1 Å². The van der Waals surface area contributed by atoms with E-state index in [9.17, 15) is 14.9 Å². The van der Waals surface area contributed by atoms with Crippen LogP contribution in [0.3, 0.4) is 0 Å². The molecular weight excluding hydrogens is 246 g/mol. The molecule has 1 aromatic rings. The second-order valence-corrected chi connectivity index (χ2v) is 4.74. The zero-order chi connectivity index (χ0) is 14.0. The number of anilines is 1. The lowest BCUT2D eigenvalue weighted by atomic mass is 9.91. The predicted molar refractivity (Wildman–Crippen MR) is 72.4 cm³/mol. The monoisotopic (exact) mass is 263 g/mol. The van der Waals surface area contributed by atoms with Crippen LogP contribution in [-0.4, -0.2) is 35.9 Å². The molecule has 102 valence electrons. The van der Waals surface area contributed by atoms with Crippen LogP contribution in [0.1, 0.15) is 29.6 Å². The highest BCUT2D eigenvalue weighted by molar-refractivity contribution is 5.99. The van der Waals surface area contributed by atoms with Crippen LogP contribution in [0, 0.1) is 10.1 Å². The van der Waals surface area contributed by atoms with Crippen LogP contribution >= 0.6 is 0 Å². The summed E-state index contributed by atoms with van der Waals surface area (Å²) >= 11 is 0. The van der Waals surface area contributed by atoms with Gasteiger partial charge < -0.3 is 10.2 Å². The van der Waals surface area contributed by atoms with Crippen LogP contribution in [0.15, 0.2) is 18.2 Å². The Morgan fingerprint density at radius 2 is 2.16 bits per heavy atom. The number of hydrogen-bond donors (Lipinski definition) is 1.